The van der Waals surface area contributed by atoms with E-state index in [4.69, 9.17) is 11.6 Å². The third-order valence-electron chi connectivity index (χ3n) is 10.6. The average molecular weight is 991 g/mol. The second-order valence-corrected chi connectivity index (χ2v) is 20.6. The van der Waals surface area contributed by atoms with Crippen LogP contribution in [0.25, 0.3) is 22.0 Å². The Bertz CT molecular complexity index is 3040. The first-order chi connectivity index (χ1) is 29.3. The van der Waals surface area contributed by atoms with Crippen molar-refractivity contribution in [3.63, 3.8) is 0 Å². The molecule has 2 aromatic carbocycles. The minimum atomic E-state index is -5.19. The number of carbonyl (C=O) groups is 1. The molecule has 7 rings (SSSR count). The van der Waals surface area contributed by atoms with Crippen molar-refractivity contribution in [2.75, 3.05) is 17.2 Å². The quantitative estimate of drug-likeness (QED) is 0.0795. The predicted molar refractivity (Wildman–Crippen MR) is 217 cm³/mol. The number of benzene rings is 2. The summed E-state index contributed by atoms with van der Waals surface area (Å²) in [5.41, 5.74) is -5.17. The molecule has 0 unspecified atom stereocenters. The molecule has 2 N–H and O–H groups in total. The normalized spacial score (nSPS) is 17.4. The number of alkyl halides is 8. The van der Waals surface area contributed by atoms with Crippen LogP contribution in [0.2, 0.25) is 5.02 Å². The van der Waals surface area contributed by atoms with Gasteiger partial charge in [0.2, 0.25) is 15.9 Å². The largest absolute Gasteiger partial charge is 0.435 e. The molecule has 12 nitrogen and oxygen atoms in total. The number of rotatable bonds is 11. The zero-order valence-electron chi connectivity index (χ0n) is 34.4. The first-order valence-corrected chi connectivity index (χ1v) is 22.8. The van der Waals surface area contributed by atoms with Gasteiger partial charge in [0.25, 0.3) is 5.92 Å². The van der Waals surface area contributed by atoms with Crippen LogP contribution in [0, 0.1) is 29.4 Å². The van der Waals surface area contributed by atoms with Crippen molar-refractivity contribution in [3.8, 4) is 23.0 Å². The molecule has 5 aromatic rings. The van der Waals surface area contributed by atoms with Gasteiger partial charge in [-0.2, -0.15) is 45.3 Å². The molecule has 26 heteroatoms. The molecule has 1 amide bonds. The van der Waals surface area contributed by atoms with Crippen LogP contribution < -0.4 is 10.0 Å². The molecule has 0 saturated heterocycles. The van der Waals surface area contributed by atoms with E-state index in [2.05, 4.69) is 32.3 Å². The number of fused-ring (bicyclic) bond motifs is 4. The van der Waals surface area contributed by atoms with Gasteiger partial charge in [0.05, 0.1) is 33.9 Å². The van der Waals surface area contributed by atoms with Gasteiger partial charge in [-0.1, -0.05) is 23.6 Å². The van der Waals surface area contributed by atoms with Crippen LogP contribution >= 0.6 is 11.6 Å². The Hall–Kier alpha value is -4.41. The first-order valence-electron chi connectivity index (χ1n) is 18.6. The van der Waals surface area contributed by atoms with Crippen molar-refractivity contribution >= 4 is 83.6 Å². The van der Waals surface area contributed by atoms with Crippen LogP contribution in [0.15, 0.2) is 42.5 Å². The van der Waals surface area contributed by atoms with Gasteiger partial charge in [-0.05, 0) is 74.4 Å². The summed E-state index contributed by atoms with van der Waals surface area (Å²) in [6.07, 6.45) is -9.46. The molecule has 343 valence electrons. The molecular weight excluding hydrogens is 959 g/mol. The maximum atomic E-state index is 15.5. The van der Waals surface area contributed by atoms with Gasteiger partial charge in [-0.25, -0.2) is 30.6 Å². The standard InChI is InChI=1S/C39H32ClF10N7O5S2.Na/c1-36(2,63(3,59)60)10-9-21-5-6-22(23-7-8-26(40)30-32(23)57(17-37(43,44)45)54-35(30)55-64(4,61)62)31(51-21)27(13-18-11-19(41)14-20(42)12-18)52-28(58)16-56-34-29(33(53-56)39(48,49)50)24-15-25(24)38(34,46)47;/h5-8,11-12,14,24-25,27H,13,15-17H2,1-4H3,(H,52,58)(H,54,55);/t24-,25+,27-;/m0./s1. The van der Waals surface area contributed by atoms with E-state index in [1.807, 2.05) is 4.72 Å². The van der Waals surface area contributed by atoms with Crippen molar-refractivity contribution in [2.24, 2.45) is 5.92 Å². The summed E-state index contributed by atoms with van der Waals surface area (Å²) in [6.45, 7) is -0.547. The Balaban J connectivity index is 0.00000700. The summed E-state index contributed by atoms with van der Waals surface area (Å²) in [6, 6.07) is 5.24. The van der Waals surface area contributed by atoms with Crippen LogP contribution in [0.5, 0.6) is 0 Å². The number of hydrogen-bond donors (Lipinski definition) is 2. The number of halogens is 11. The van der Waals surface area contributed by atoms with Gasteiger partial charge in [0, 0.05) is 64.5 Å². The number of aromatic nitrogens is 5. The Morgan fingerprint density at radius 3 is 2.17 bits per heavy atom. The topological polar surface area (TPSA) is 158 Å². The van der Waals surface area contributed by atoms with Gasteiger partial charge in [0.1, 0.15) is 40.9 Å². The SMILES string of the molecule is CC(C)(C#Cc1ccc(-c2ccc(Cl)c3c(NS(C)(=O)=O)nn(CC(F)(F)F)c23)c([C@H](Cc2cc(F)cc(F)c2)NC(=O)Cn2nc(C(F)(F)F)c3c2C(F)(F)[C@@H]2C[C@H]32)n1)S(C)(=O)=O.[Na]. The number of hydrogen-bond acceptors (Lipinski definition) is 8. The Labute approximate surface area is 390 Å². The van der Waals surface area contributed by atoms with E-state index in [-0.39, 0.29) is 79.1 Å². The molecule has 3 atom stereocenters. The second kappa shape index (κ2) is 17.0. The molecule has 1 radical (unpaired) electrons. The monoisotopic (exact) mass is 990 g/mol. The smallest absolute Gasteiger partial charge is 0.346 e. The van der Waals surface area contributed by atoms with Crippen LogP contribution in [0.4, 0.5) is 49.7 Å². The number of amides is 1. The Kier molecular flexibility index (Phi) is 13.1. The van der Waals surface area contributed by atoms with E-state index in [1.54, 1.807) is 0 Å². The minimum Gasteiger partial charge on any atom is -0.346 e. The third-order valence-corrected chi connectivity index (χ3v) is 13.4. The Morgan fingerprint density at radius 2 is 1.58 bits per heavy atom. The van der Waals surface area contributed by atoms with E-state index in [9.17, 15) is 56.8 Å². The van der Waals surface area contributed by atoms with E-state index < -0.39 is 126 Å². The second-order valence-electron chi connectivity index (χ2n) is 15.9. The summed E-state index contributed by atoms with van der Waals surface area (Å²) in [5, 5.41) is 9.01. The van der Waals surface area contributed by atoms with Crippen LogP contribution in [0.3, 0.4) is 0 Å². The number of pyridine rings is 1. The van der Waals surface area contributed by atoms with Crippen molar-refractivity contribution < 1.29 is 65.5 Å². The fourth-order valence-corrected chi connectivity index (χ4v) is 8.50. The van der Waals surface area contributed by atoms with Crippen LogP contribution in [-0.4, -0.2) is 100 Å². The Morgan fingerprint density at radius 1 is 0.954 bits per heavy atom. The summed E-state index contributed by atoms with van der Waals surface area (Å²) in [4.78, 5) is 18.5. The molecule has 3 heterocycles. The summed E-state index contributed by atoms with van der Waals surface area (Å²) >= 11 is 6.46. The van der Waals surface area contributed by atoms with Gasteiger partial charge in [-0.3, -0.25) is 18.9 Å². The van der Waals surface area contributed by atoms with Gasteiger partial charge < -0.3 is 5.32 Å². The van der Waals surface area contributed by atoms with Crippen molar-refractivity contribution in [2.45, 2.75) is 74.8 Å². The summed E-state index contributed by atoms with van der Waals surface area (Å²) in [5.74, 6) is -5.43. The van der Waals surface area contributed by atoms with Crippen LogP contribution in [0.1, 0.15) is 66.1 Å². The molecule has 1 saturated carbocycles. The number of carbonyl (C=O) groups excluding carboxylic acids is 1. The molecular formula is C39H32ClF10N7NaO5S2. The zero-order chi connectivity index (χ0) is 47.3. The predicted octanol–water partition coefficient (Wildman–Crippen LogP) is 7.28. The van der Waals surface area contributed by atoms with Gasteiger partial charge in [-0.15, -0.1) is 0 Å². The molecule has 0 bridgehead atoms. The molecule has 0 aliphatic heterocycles. The van der Waals surface area contributed by atoms with E-state index in [1.165, 1.54) is 32.0 Å². The third kappa shape index (κ3) is 10.3. The van der Waals surface area contributed by atoms with E-state index >= 15 is 8.78 Å². The molecule has 2 aliphatic carbocycles. The number of anilines is 1. The first kappa shape index (κ1) is 50.0. The maximum absolute atomic E-state index is 15.5. The average Bonchev–Trinajstić information content (AvgIpc) is 3.66. The van der Waals surface area contributed by atoms with Gasteiger partial charge >= 0.3 is 12.4 Å². The molecule has 0 spiro atoms. The molecule has 65 heavy (non-hydrogen) atoms. The van der Waals surface area contributed by atoms with E-state index in [0.29, 0.717) is 17.0 Å². The fraction of sp³-hybridized carbons (Fsp3) is 0.385. The van der Waals surface area contributed by atoms with Crippen molar-refractivity contribution in [1.82, 2.24) is 29.9 Å². The zero-order valence-corrected chi connectivity index (χ0v) is 38.7. The minimum absolute atomic E-state index is 0. The molecule has 2 aliphatic rings. The van der Waals surface area contributed by atoms with Crippen molar-refractivity contribution in [3.05, 3.63) is 93.0 Å². The number of nitrogens with one attached hydrogen (secondary N) is 2. The van der Waals surface area contributed by atoms with Crippen molar-refractivity contribution in [1.29, 1.82) is 0 Å². The summed E-state index contributed by atoms with van der Waals surface area (Å²) in [7, 11) is -8.06. The maximum Gasteiger partial charge on any atom is 0.435 e. The molecule has 1 fully saturated rings. The fourth-order valence-electron chi connectivity index (χ4n) is 7.52. The number of sulfone groups is 1. The van der Waals surface area contributed by atoms with Gasteiger partial charge in [0.15, 0.2) is 21.3 Å². The van der Waals surface area contributed by atoms with E-state index in [0.717, 1.165) is 24.5 Å². The number of nitrogens with zero attached hydrogens (tertiary/aromatic N) is 5. The van der Waals surface area contributed by atoms with Crippen LogP contribution in [-0.2, 0) is 56.3 Å². The summed E-state index contributed by atoms with van der Waals surface area (Å²) < 4.78 is 195. The number of sulfonamides is 1. The molecule has 3 aromatic heterocycles.